The van der Waals surface area contributed by atoms with E-state index in [9.17, 15) is 13.2 Å². The summed E-state index contributed by atoms with van der Waals surface area (Å²) in [6.45, 7) is 16.7. The lowest BCUT2D eigenvalue weighted by Crippen LogP contribution is -3.19. The molecule has 1 atom stereocenters. The van der Waals surface area contributed by atoms with Crippen molar-refractivity contribution in [2.24, 2.45) is 0 Å². The van der Waals surface area contributed by atoms with Gasteiger partial charge in [-0.05, 0) is 49.8 Å². The molecule has 6 nitrogen and oxygen atoms in total. The molecule has 2 rings (SSSR count). The second-order valence-electron chi connectivity index (χ2n) is 8.87. The maximum absolute atomic E-state index is 13.3. The van der Waals surface area contributed by atoms with E-state index in [1.54, 1.807) is 4.31 Å². The number of amides is 1. The van der Waals surface area contributed by atoms with E-state index in [0.29, 0.717) is 37.6 Å². The van der Waals surface area contributed by atoms with Gasteiger partial charge in [-0.1, -0.05) is 32.9 Å². The molecule has 28 heavy (non-hydrogen) atoms. The first-order valence-electron chi connectivity index (χ1n) is 10.1. The standard InChI is InChI=1S/C21H35N3O3S/c1-8-22-20(25)17(4)23-9-11-24(12-10-23)28(26,27)19-15(2)13-18(14-16(19)3)21(5,6)7/h13-14,17H,8-12H2,1-7H3,(H,22,25)/p+1/t17-/m1/s1. The second kappa shape index (κ2) is 8.51. The van der Waals surface area contributed by atoms with E-state index < -0.39 is 10.0 Å². The molecule has 1 aliphatic rings. The third-order valence-corrected chi connectivity index (χ3v) is 7.85. The van der Waals surface area contributed by atoms with Crippen LogP contribution in [0.1, 0.15) is 51.3 Å². The van der Waals surface area contributed by atoms with E-state index in [2.05, 4.69) is 26.1 Å². The molecule has 1 aromatic carbocycles. The van der Waals surface area contributed by atoms with Crippen LogP contribution in [0.4, 0.5) is 0 Å². The Morgan fingerprint density at radius 3 is 2.11 bits per heavy atom. The lowest BCUT2D eigenvalue weighted by molar-refractivity contribution is -0.917. The van der Waals surface area contributed by atoms with Crippen LogP contribution in [0.15, 0.2) is 17.0 Å². The zero-order valence-corrected chi connectivity index (χ0v) is 19.2. The van der Waals surface area contributed by atoms with Crippen LogP contribution in [0, 0.1) is 13.8 Å². The summed E-state index contributed by atoms with van der Waals surface area (Å²) in [6.07, 6.45) is 0. The van der Waals surface area contributed by atoms with Crippen LogP contribution in [0.5, 0.6) is 0 Å². The van der Waals surface area contributed by atoms with Gasteiger partial charge in [-0.2, -0.15) is 4.31 Å². The molecule has 2 N–H and O–H groups in total. The van der Waals surface area contributed by atoms with Crippen molar-refractivity contribution < 1.29 is 18.1 Å². The minimum atomic E-state index is -3.55. The van der Waals surface area contributed by atoms with Crippen LogP contribution in [0.3, 0.4) is 0 Å². The van der Waals surface area contributed by atoms with Gasteiger partial charge in [-0.25, -0.2) is 8.42 Å². The first-order valence-corrected chi connectivity index (χ1v) is 11.6. The monoisotopic (exact) mass is 410 g/mol. The predicted octanol–water partition coefficient (Wildman–Crippen LogP) is 1.01. The van der Waals surface area contributed by atoms with Crippen LogP contribution in [-0.4, -0.2) is 57.4 Å². The highest BCUT2D eigenvalue weighted by Gasteiger charge is 2.35. The predicted molar refractivity (Wildman–Crippen MR) is 112 cm³/mol. The van der Waals surface area contributed by atoms with E-state index in [1.165, 1.54) is 0 Å². The molecule has 1 aliphatic heterocycles. The Morgan fingerprint density at radius 2 is 1.68 bits per heavy atom. The van der Waals surface area contributed by atoms with Gasteiger partial charge in [0.05, 0.1) is 31.1 Å². The molecule has 0 aliphatic carbocycles. The highest BCUT2D eigenvalue weighted by atomic mass is 32.2. The summed E-state index contributed by atoms with van der Waals surface area (Å²) < 4.78 is 28.3. The van der Waals surface area contributed by atoms with Gasteiger partial charge in [0, 0.05) is 6.54 Å². The molecule has 0 saturated carbocycles. The van der Waals surface area contributed by atoms with Crippen molar-refractivity contribution in [2.75, 3.05) is 32.7 Å². The summed E-state index contributed by atoms with van der Waals surface area (Å²) in [5.41, 5.74) is 2.72. The molecule has 0 bridgehead atoms. The maximum atomic E-state index is 13.3. The van der Waals surface area contributed by atoms with Crippen LogP contribution in [-0.2, 0) is 20.2 Å². The molecule has 1 aromatic rings. The molecule has 0 radical (unpaired) electrons. The molecular formula is C21H36N3O3S+. The maximum Gasteiger partial charge on any atom is 0.278 e. The Balaban J connectivity index is 2.20. The second-order valence-corrected chi connectivity index (χ2v) is 10.7. The van der Waals surface area contributed by atoms with Crippen molar-refractivity contribution in [3.8, 4) is 0 Å². The number of nitrogens with one attached hydrogen (secondary N) is 2. The fraction of sp³-hybridized carbons (Fsp3) is 0.667. The number of aryl methyl sites for hydroxylation is 2. The molecule has 158 valence electrons. The first-order chi connectivity index (χ1) is 12.9. The lowest BCUT2D eigenvalue weighted by atomic mass is 9.85. The minimum Gasteiger partial charge on any atom is -0.351 e. The number of hydrogen-bond acceptors (Lipinski definition) is 3. The van der Waals surface area contributed by atoms with Gasteiger partial charge in [0.25, 0.3) is 5.91 Å². The highest BCUT2D eigenvalue weighted by molar-refractivity contribution is 7.89. The number of piperazine rings is 1. The van der Waals surface area contributed by atoms with Crippen molar-refractivity contribution in [1.29, 1.82) is 0 Å². The van der Waals surface area contributed by atoms with Crippen LogP contribution < -0.4 is 10.2 Å². The number of rotatable bonds is 5. The fourth-order valence-corrected chi connectivity index (χ4v) is 5.73. The highest BCUT2D eigenvalue weighted by Crippen LogP contribution is 2.30. The molecule has 0 aromatic heterocycles. The average Bonchev–Trinajstić information content (AvgIpc) is 2.59. The summed E-state index contributed by atoms with van der Waals surface area (Å²) >= 11 is 0. The van der Waals surface area contributed by atoms with E-state index in [1.807, 2.05) is 39.8 Å². The minimum absolute atomic E-state index is 0.0258. The van der Waals surface area contributed by atoms with Gasteiger partial charge in [-0.3, -0.25) is 4.79 Å². The van der Waals surface area contributed by atoms with Crippen molar-refractivity contribution >= 4 is 15.9 Å². The van der Waals surface area contributed by atoms with Gasteiger partial charge in [0.1, 0.15) is 0 Å². The van der Waals surface area contributed by atoms with Gasteiger partial charge in [0.15, 0.2) is 6.04 Å². The largest absolute Gasteiger partial charge is 0.351 e. The summed E-state index contributed by atoms with van der Waals surface area (Å²) in [5, 5.41) is 2.85. The van der Waals surface area contributed by atoms with Crippen LogP contribution in [0.2, 0.25) is 0 Å². The Morgan fingerprint density at radius 1 is 1.18 bits per heavy atom. The van der Waals surface area contributed by atoms with E-state index in [4.69, 9.17) is 0 Å². The molecule has 1 amide bonds. The Bertz CT molecular complexity index is 797. The number of carbonyl (C=O) groups is 1. The van der Waals surface area contributed by atoms with E-state index >= 15 is 0 Å². The lowest BCUT2D eigenvalue weighted by Gasteiger charge is -2.34. The van der Waals surface area contributed by atoms with Crippen molar-refractivity contribution in [3.05, 3.63) is 28.8 Å². The smallest absolute Gasteiger partial charge is 0.278 e. The zero-order valence-electron chi connectivity index (χ0n) is 18.3. The number of sulfonamides is 1. The third kappa shape index (κ3) is 4.75. The molecule has 7 heteroatoms. The normalized spacial score (nSPS) is 18.1. The topological polar surface area (TPSA) is 70.9 Å². The molecule has 0 unspecified atom stereocenters. The molecular weight excluding hydrogens is 374 g/mol. The van der Waals surface area contributed by atoms with Crippen LogP contribution in [0.25, 0.3) is 0 Å². The molecule has 0 spiro atoms. The van der Waals surface area contributed by atoms with Gasteiger partial charge in [-0.15, -0.1) is 0 Å². The molecule has 1 saturated heterocycles. The van der Waals surface area contributed by atoms with E-state index in [-0.39, 0.29) is 17.4 Å². The van der Waals surface area contributed by atoms with Crippen LogP contribution >= 0.6 is 0 Å². The SMILES string of the molecule is CCNC(=O)[C@@H](C)[NH+]1CCN(S(=O)(=O)c2c(C)cc(C(C)(C)C)cc2C)CC1. The number of benzene rings is 1. The quantitative estimate of drug-likeness (QED) is 0.761. The Labute approximate surface area is 170 Å². The Hall–Kier alpha value is -1.44. The summed E-state index contributed by atoms with van der Waals surface area (Å²) in [5.74, 6) is 0.0262. The number of quaternary nitrogens is 1. The number of nitrogens with zero attached hydrogens (tertiary/aromatic N) is 1. The van der Waals surface area contributed by atoms with Crippen molar-refractivity contribution in [2.45, 2.75) is 64.8 Å². The molecule has 1 heterocycles. The third-order valence-electron chi connectivity index (χ3n) is 5.65. The average molecular weight is 411 g/mol. The van der Waals surface area contributed by atoms with Crippen molar-refractivity contribution in [1.82, 2.24) is 9.62 Å². The zero-order chi connectivity index (χ0) is 21.3. The number of carbonyl (C=O) groups excluding carboxylic acids is 1. The molecule has 1 fully saturated rings. The Kier molecular flexibility index (Phi) is 6.94. The van der Waals surface area contributed by atoms with Gasteiger partial charge >= 0.3 is 0 Å². The summed E-state index contributed by atoms with van der Waals surface area (Å²) in [7, 11) is -3.55. The fourth-order valence-electron chi connectivity index (χ4n) is 3.88. The van der Waals surface area contributed by atoms with Crippen molar-refractivity contribution in [3.63, 3.8) is 0 Å². The first kappa shape index (κ1) is 22.8. The number of likely N-dealkylation sites (N-methyl/N-ethyl adjacent to an activating group) is 1. The van der Waals surface area contributed by atoms with Gasteiger partial charge < -0.3 is 10.2 Å². The van der Waals surface area contributed by atoms with Gasteiger partial charge in [0.2, 0.25) is 10.0 Å². The summed E-state index contributed by atoms with van der Waals surface area (Å²) in [6, 6.07) is 3.83. The van der Waals surface area contributed by atoms with E-state index in [0.717, 1.165) is 21.6 Å². The summed E-state index contributed by atoms with van der Waals surface area (Å²) in [4.78, 5) is 13.6. The number of hydrogen-bond donors (Lipinski definition) is 2.